The van der Waals surface area contributed by atoms with Crippen molar-refractivity contribution >= 4 is 0 Å². The molecule has 1 aromatic carbocycles. The molecule has 0 saturated carbocycles. The smallest absolute Gasteiger partial charge is 0.0967 e. The molecule has 0 unspecified atom stereocenters. The first kappa shape index (κ1) is 14.2. The first-order valence-corrected chi connectivity index (χ1v) is 7.58. The summed E-state index contributed by atoms with van der Waals surface area (Å²) in [6, 6.07) is 10.4. The largest absolute Gasteiger partial charge is 0.391 e. The predicted octanol–water partition coefficient (Wildman–Crippen LogP) is 1.33. The van der Waals surface area contributed by atoms with Gasteiger partial charge in [-0.2, -0.15) is 15.0 Å². The summed E-state index contributed by atoms with van der Waals surface area (Å²) in [5.74, 6) is 0.300. The van der Waals surface area contributed by atoms with E-state index in [0.717, 1.165) is 38.3 Å². The second kappa shape index (κ2) is 6.37. The number of β-amino-alcohol motifs (C(OH)–C–C–N with tert-alkyl or cyclic N) is 1. The minimum absolute atomic E-state index is 0.258. The summed E-state index contributed by atoms with van der Waals surface area (Å²) in [5, 5.41) is 18.9. The van der Waals surface area contributed by atoms with E-state index in [-0.39, 0.29) is 6.10 Å². The number of aliphatic hydroxyl groups excluding tert-OH is 1. The van der Waals surface area contributed by atoms with Crippen LogP contribution in [0.25, 0.3) is 0 Å². The third-order valence-corrected chi connectivity index (χ3v) is 4.08. The van der Waals surface area contributed by atoms with Crippen LogP contribution < -0.4 is 0 Å². The Morgan fingerprint density at radius 2 is 2.05 bits per heavy atom. The molecule has 2 atom stereocenters. The molecule has 2 aromatic rings. The molecule has 0 spiro atoms. The van der Waals surface area contributed by atoms with Gasteiger partial charge < -0.3 is 5.11 Å². The predicted molar refractivity (Wildman–Crippen MR) is 80.6 cm³/mol. The Morgan fingerprint density at radius 3 is 2.76 bits per heavy atom. The van der Waals surface area contributed by atoms with Gasteiger partial charge in [0.25, 0.3) is 0 Å². The molecule has 5 nitrogen and oxygen atoms in total. The van der Waals surface area contributed by atoms with Crippen molar-refractivity contribution in [1.29, 1.82) is 0 Å². The monoisotopic (exact) mass is 286 g/mol. The Hall–Kier alpha value is -1.72. The molecule has 0 bridgehead atoms. The average Bonchev–Trinajstić information content (AvgIpc) is 3.08. The van der Waals surface area contributed by atoms with E-state index in [2.05, 4.69) is 39.4 Å². The molecule has 1 aromatic heterocycles. The Balaban J connectivity index is 1.58. The van der Waals surface area contributed by atoms with E-state index in [4.69, 9.17) is 0 Å². The van der Waals surface area contributed by atoms with Gasteiger partial charge >= 0.3 is 0 Å². The molecule has 112 valence electrons. The van der Waals surface area contributed by atoms with E-state index in [9.17, 15) is 5.11 Å². The highest BCUT2D eigenvalue weighted by Crippen LogP contribution is 2.22. The number of hydrogen-bond acceptors (Lipinski definition) is 4. The number of aryl methyl sites for hydroxylation is 1. The highest BCUT2D eigenvalue weighted by molar-refractivity contribution is 5.16. The minimum Gasteiger partial charge on any atom is -0.391 e. The molecule has 0 radical (unpaired) electrons. The number of aliphatic hydroxyl groups is 1. The lowest BCUT2D eigenvalue weighted by Crippen LogP contribution is -2.21. The Bertz CT molecular complexity index is 569. The summed E-state index contributed by atoms with van der Waals surface area (Å²) >= 11 is 0. The molecule has 0 amide bonds. The second-order valence-corrected chi connectivity index (χ2v) is 5.74. The highest BCUT2D eigenvalue weighted by Gasteiger charge is 2.31. The third-order valence-electron chi connectivity index (χ3n) is 4.08. The molecule has 2 heterocycles. The van der Waals surface area contributed by atoms with E-state index < -0.39 is 0 Å². The summed E-state index contributed by atoms with van der Waals surface area (Å²) < 4.78 is 0. The maximum atomic E-state index is 10.3. The number of aromatic nitrogens is 3. The third kappa shape index (κ3) is 3.49. The first-order chi connectivity index (χ1) is 10.2. The van der Waals surface area contributed by atoms with Gasteiger partial charge in [0.1, 0.15) is 0 Å². The fourth-order valence-corrected chi connectivity index (χ4v) is 2.98. The molecule has 21 heavy (non-hydrogen) atoms. The summed E-state index contributed by atoms with van der Waals surface area (Å²) in [5.41, 5.74) is 2.27. The SMILES string of the molecule is CCn1ncc(CN2C[C@@H](Cc3ccccc3)[C@H](O)C2)n1. The van der Waals surface area contributed by atoms with Crippen LogP contribution >= 0.6 is 0 Å². The summed E-state index contributed by atoms with van der Waals surface area (Å²) in [7, 11) is 0. The summed E-state index contributed by atoms with van der Waals surface area (Å²) in [6.45, 7) is 5.21. The topological polar surface area (TPSA) is 54.2 Å². The van der Waals surface area contributed by atoms with Crippen LogP contribution in [0.5, 0.6) is 0 Å². The van der Waals surface area contributed by atoms with Gasteiger partial charge in [0, 0.05) is 25.6 Å². The molecule has 1 fully saturated rings. The first-order valence-electron chi connectivity index (χ1n) is 7.58. The van der Waals surface area contributed by atoms with E-state index >= 15 is 0 Å². The van der Waals surface area contributed by atoms with Gasteiger partial charge in [-0.15, -0.1) is 0 Å². The molecular formula is C16H22N4O. The fraction of sp³-hybridized carbons (Fsp3) is 0.500. The second-order valence-electron chi connectivity index (χ2n) is 5.74. The van der Waals surface area contributed by atoms with Crippen molar-refractivity contribution in [2.24, 2.45) is 5.92 Å². The van der Waals surface area contributed by atoms with Gasteiger partial charge in [0.2, 0.25) is 0 Å². The van der Waals surface area contributed by atoms with Crippen LogP contribution in [0.4, 0.5) is 0 Å². The van der Waals surface area contributed by atoms with E-state index in [1.165, 1.54) is 5.56 Å². The molecule has 1 N–H and O–H groups in total. The molecule has 3 rings (SSSR count). The summed E-state index contributed by atoms with van der Waals surface area (Å²) in [6.07, 6.45) is 2.49. The van der Waals surface area contributed by atoms with Gasteiger partial charge in [-0.3, -0.25) is 4.90 Å². The number of benzene rings is 1. The highest BCUT2D eigenvalue weighted by atomic mass is 16.3. The Morgan fingerprint density at radius 1 is 1.24 bits per heavy atom. The van der Waals surface area contributed by atoms with Gasteiger partial charge in [-0.25, -0.2) is 0 Å². The van der Waals surface area contributed by atoms with E-state index in [1.807, 2.05) is 19.2 Å². The van der Waals surface area contributed by atoms with Crippen LogP contribution in [0.15, 0.2) is 36.5 Å². The standard InChI is InChI=1S/C16H22N4O/c1-2-20-17-9-15(18-20)11-19-10-14(16(21)12-19)8-13-6-4-3-5-7-13/h3-7,9,14,16,21H,2,8,10-12H2,1H3/t14-,16-/m1/s1. The van der Waals surface area contributed by atoms with Gasteiger partial charge in [-0.05, 0) is 18.9 Å². The van der Waals surface area contributed by atoms with Crippen molar-refractivity contribution in [3.8, 4) is 0 Å². The van der Waals surface area contributed by atoms with E-state index in [1.54, 1.807) is 4.80 Å². The zero-order valence-electron chi connectivity index (χ0n) is 12.4. The van der Waals surface area contributed by atoms with Crippen molar-refractivity contribution in [3.05, 3.63) is 47.8 Å². The number of likely N-dealkylation sites (tertiary alicyclic amines) is 1. The molecule has 5 heteroatoms. The van der Waals surface area contributed by atoms with Crippen LogP contribution in [0, 0.1) is 5.92 Å². The minimum atomic E-state index is -0.258. The molecule has 1 saturated heterocycles. The lowest BCUT2D eigenvalue weighted by molar-refractivity contribution is 0.141. The Labute approximate surface area is 125 Å². The van der Waals surface area contributed by atoms with Crippen molar-refractivity contribution < 1.29 is 5.11 Å². The number of rotatable bonds is 5. The van der Waals surface area contributed by atoms with Crippen LogP contribution in [-0.2, 0) is 19.5 Å². The molecule has 1 aliphatic heterocycles. The average molecular weight is 286 g/mol. The van der Waals surface area contributed by atoms with E-state index in [0.29, 0.717) is 5.92 Å². The van der Waals surface area contributed by atoms with Gasteiger partial charge in [0.15, 0.2) is 0 Å². The lowest BCUT2D eigenvalue weighted by Gasteiger charge is -2.14. The van der Waals surface area contributed by atoms with Crippen molar-refractivity contribution in [3.63, 3.8) is 0 Å². The quantitative estimate of drug-likeness (QED) is 0.901. The normalized spacial score (nSPS) is 22.8. The van der Waals surface area contributed by atoms with Gasteiger partial charge in [-0.1, -0.05) is 30.3 Å². The Kier molecular flexibility index (Phi) is 4.31. The lowest BCUT2D eigenvalue weighted by atomic mass is 9.97. The number of nitrogens with zero attached hydrogens (tertiary/aromatic N) is 4. The maximum Gasteiger partial charge on any atom is 0.0967 e. The van der Waals surface area contributed by atoms with Crippen molar-refractivity contribution in [1.82, 2.24) is 19.9 Å². The molecule has 1 aliphatic rings. The fourth-order valence-electron chi connectivity index (χ4n) is 2.98. The van der Waals surface area contributed by atoms with Gasteiger partial charge in [0.05, 0.1) is 24.5 Å². The zero-order valence-corrected chi connectivity index (χ0v) is 12.4. The maximum absolute atomic E-state index is 10.3. The van der Waals surface area contributed by atoms with Crippen LogP contribution in [0.2, 0.25) is 0 Å². The molecule has 0 aliphatic carbocycles. The zero-order chi connectivity index (χ0) is 14.7. The van der Waals surface area contributed by atoms with Crippen molar-refractivity contribution in [2.75, 3.05) is 13.1 Å². The van der Waals surface area contributed by atoms with Crippen molar-refractivity contribution in [2.45, 2.75) is 32.5 Å². The van der Waals surface area contributed by atoms with Crippen LogP contribution in [0.3, 0.4) is 0 Å². The van der Waals surface area contributed by atoms with Crippen LogP contribution in [0.1, 0.15) is 18.2 Å². The summed E-state index contributed by atoms with van der Waals surface area (Å²) in [4.78, 5) is 3.96. The van der Waals surface area contributed by atoms with Crippen LogP contribution in [-0.4, -0.2) is 44.2 Å². The number of hydrogen-bond donors (Lipinski definition) is 1. The molecular weight excluding hydrogens is 264 g/mol.